The lowest BCUT2D eigenvalue weighted by atomic mass is 9.85. The third-order valence-electron chi connectivity index (χ3n) is 4.13. The van der Waals surface area contributed by atoms with Crippen molar-refractivity contribution in [2.24, 2.45) is 5.92 Å². The van der Waals surface area contributed by atoms with Gasteiger partial charge in [0.25, 0.3) is 0 Å². The van der Waals surface area contributed by atoms with Crippen LogP contribution in [0.4, 0.5) is 0 Å². The van der Waals surface area contributed by atoms with E-state index in [0.717, 1.165) is 6.42 Å². The molecular weight excluding hydrogens is 216 g/mol. The van der Waals surface area contributed by atoms with Gasteiger partial charge in [0, 0.05) is 5.41 Å². The number of rotatable bonds is 4. The summed E-state index contributed by atoms with van der Waals surface area (Å²) in [5, 5.41) is 0. The van der Waals surface area contributed by atoms with Crippen LogP contribution >= 0.6 is 0 Å². The van der Waals surface area contributed by atoms with Gasteiger partial charge in [0.2, 0.25) is 0 Å². The SMILES string of the molecule is C=CC[C@@H]1CC1(c1ccccc1)c1ccccc1. The first kappa shape index (κ1) is 11.3. The minimum Gasteiger partial charge on any atom is -0.103 e. The van der Waals surface area contributed by atoms with Gasteiger partial charge in [-0.25, -0.2) is 0 Å². The molecule has 1 saturated carbocycles. The first-order chi connectivity index (χ1) is 8.88. The highest BCUT2D eigenvalue weighted by molar-refractivity contribution is 5.47. The van der Waals surface area contributed by atoms with Crippen LogP contribution in [0.5, 0.6) is 0 Å². The molecule has 1 aliphatic rings. The van der Waals surface area contributed by atoms with Crippen LogP contribution in [0.1, 0.15) is 24.0 Å². The molecule has 1 aliphatic carbocycles. The lowest BCUT2D eigenvalue weighted by Crippen LogP contribution is -2.11. The fraction of sp³-hybridized carbons (Fsp3) is 0.222. The van der Waals surface area contributed by atoms with E-state index in [1.54, 1.807) is 0 Å². The van der Waals surface area contributed by atoms with E-state index in [0.29, 0.717) is 5.92 Å². The molecule has 0 saturated heterocycles. The maximum Gasteiger partial charge on any atom is 0.0237 e. The van der Waals surface area contributed by atoms with Crippen LogP contribution in [-0.4, -0.2) is 0 Å². The van der Waals surface area contributed by atoms with Gasteiger partial charge in [-0.2, -0.15) is 0 Å². The largest absolute Gasteiger partial charge is 0.103 e. The topological polar surface area (TPSA) is 0 Å². The van der Waals surface area contributed by atoms with Gasteiger partial charge in [0.15, 0.2) is 0 Å². The molecule has 2 aromatic rings. The summed E-state index contributed by atoms with van der Waals surface area (Å²) in [6.07, 6.45) is 4.40. The lowest BCUT2D eigenvalue weighted by molar-refractivity contribution is 0.705. The molecule has 0 aliphatic heterocycles. The highest BCUT2D eigenvalue weighted by atomic mass is 14.6. The van der Waals surface area contributed by atoms with Gasteiger partial charge >= 0.3 is 0 Å². The number of allylic oxidation sites excluding steroid dienone is 1. The van der Waals surface area contributed by atoms with E-state index < -0.39 is 0 Å². The standard InChI is InChI=1S/C18H18/c1-2-9-17-14-18(17,15-10-5-3-6-11-15)16-12-7-4-8-13-16/h2-8,10-13,17H,1,9,14H2/t17-/m1/s1. The first-order valence-electron chi connectivity index (χ1n) is 6.60. The number of hydrogen-bond acceptors (Lipinski definition) is 0. The predicted octanol–water partition coefficient (Wildman–Crippen LogP) is 4.57. The number of hydrogen-bond donors (Lipinski definition) is 0. The molecule has 3 rings (SSSR count). The van der Waals surface area contributed by atoms with Gasteiger partial charge in [0.05, 0.1) is 0 Å². The smallest absolute Gasteiger partial charge is 0.0237 e. The predicted molar refractivity (Wildman–Crippen MR) is 76.6 cm³/mol. The maximum absolute atomic E-state index is 3.89. The highest BCUT2D eigenvalue weighted by Crippen LogP contribution is 2.60. The second kappa shape index (κ2) is 4.45. The van der Waals surface area contributed by atoms with Crippen LogP contribution < -0.4 is 0 Å². The van der Waals surface area contributed by atoms with Crippen molar-refractivity contribution in [1.29, 1.82) is 0 Å². The molecular formula is C18H18. The van der Waals surface area contributed by atoms with Gasteiger partial charge < -0.3 is 0 Å². The Morgan fingerprint density at radius 1 is 0.944 bits per heavy atom. The molecule has 0 N–H and O–H groups in total. The molecule has 90 valence electrons. The summed E-state index contributed by atoms with van der Waals surface area (Å²) < 4.78 is 0. The monoisotopic (exact) mass is 234 g/mol. The Kier molecular flexibility index (Phi) is 2.79. The molecule has 0 heterocycles. The van der Waals surface area contributed by atoms with E-state index in [2.05, 4.69) is 73.3 Å². The average molecular weight is 234 g/mol. The second-order valence-corrected chi connectivity index (χ2v) is 5.13. The van der Waals surface area contributed by atoms with Crippen LogP contribution in [0.25, 0.3) is 0 Å². The first-order valence-corrected chi connectivity index (χ1v) is 6.60. The molecule has 0 unspecified atom stereocenters. The van der Waals surface area contributed by atoms with Crippen LogP contribution in [0.2, 0.25) is 0 Å². The molecule has 0 amide bonds. The fourth-order valence-electron chi connectivity index (χ4n) is 3.16. The molecule has 18 heavy (non-hydrogen) atoms. The van der Waals surface area contributed by atoms with Crippen LogP contribution in [0.3, 0.4) is 0 Å². The third kappa shape index (κ3) is 1.69. The number of benzene rings is 2. The molecule has 0 heteroatoms. The molecule has 0 radical (unpaired) electrons. The van der Waals surface area contributed by atoms with Gasteiger partial charge in [-0.3, -0.25) is 0 Å². The fourth-order valence-corrected chi connectivity index (χ4v) is 3.16. The van der Waals surface area contributed by atoms with Crippen molar-refractivity contribution in [2.45, 2.75) is 18.3 Å². The van der Waals surface area contributed by atoms with E-state index in [4.69, 9.17) is 0 Å². The summed E-state index contributed by atoms with van der Waals surface area (Å²) in [4.78, 5) is 0. The molecule has 1 atom stereocenters. The molecule has 1 fully saturated rings. The van der Waals surface area contributed by atoms with Gasteiger partial charge in [0.1, 0.15) is 0 Å². The van der Waals surface area contributed by atoms with Crippen molar-refractivity contribution in [3.8, 4) is 0 Å². The van der Waals surface area contributed by atoms with Crippen LogP contribution in [0.15, 0.2) is 73.3 Å². The summed E-state index contributed by atoms with van der Waals surface area (Å²) in [5.41, 5.74) is 3.13. The van der Waals surface area contributed by atoms with Gasteiger partial charge in [-0.05, 0) is 29.9 Å². The lowest BCUT2D eigenvalue weighted by Gasteiger charge is -2.18. The molecule has 0 aromatic heterocycles. The van der Waals surface area contributed by atoms with Crippen molar-refractivity contribution < 1.29 is 0 Å². The molecule has 0 spiro atoms. The second-order valence-electron chi connectivity index (χ2n) is 5.13. The van der Waals surface area contributed by atoms with Gasteiger partial charge in [-0.1, -0.05) is 66.7 Å². The minimum absolute atomic E-state index is 0.233. The van der Waals surface area contributed by atoms with E-state index in [1.807, 2.05) is 0 Å². The Balaban J connectivity index is 2.05. The van der Waals surface area contributed by atoms with E-state index in [9.17, 15) is 0 Å². The van der Waals surface area contributed by atoms with Gasteiger partial charge in [-0.15, -0.1) is 6.58 Å². The summed E-state index contributed by atoms with van der Waals surface area (Å²) >= 11 is 0. The molecule has 0 bridgehead atoms. The quantitative estimate of drug-likeness (QED) is 0.680. The van der Waals surface area contributed by atoms with E-state index >= 15 is 0 Å². The minimum atomic E-state index is 0.233. The van der Waals surface area contributed by atoms with Crippen molar-refractivity contribution in [2.75, 3.05) is 0 Å². The zero-order valence-electron chi connectivity index (χ0n) is 10.5. The average Bonchev–Trinajstić information content (AvgIpc) is 3.17. The van der Waals surface area contributed by atoms with Crippen molar-refractivity contribution in [3.63, 3.8) is 0 Å². The van der Waals surface area contributed by atoms with Crippen molar-refractivity contribution in [1.82, 2.24) is 0 Å². The summed E-state index contributed by atoms with van der Waals surface area (Å²) in [7, 11) is 0. The Bertz CT molecular complexity index is 485. The zero-order chi connectivity index (χ0) is 12.4. The normalized spacial score (nSPS) is 20.3. The summed E-state index contributed by atoms with van der Waals surface area (Å²) in [6.45, 7) is 3.89. The third-order valence-corrected chi connectivity index (χ3v) is 4.13. The molecule has 0 nitrogen and oxygen atoms in total. The Hall–Kier alpha value is -1.82. The van der Waals surface area contributed by atoms with Crippen molar-refractivity contribution in [3.05, 3.63) is 84.4 Å². The molecule has 2 aromatic carbocycles. The van der Waals surface area contributed by atoms with E-state index in [-0.39, 0.29) is 5.41 Å². The van der Waals surface area contributed by atoms with E-state index in [1.165, 1.54) is 17.5 Å². The Morgan fingerprint density at radius 3 is 1.89 bits per heavy atom. The summed E-state index contributed by atoms with van der Waals surface area (Å²) in [5.74, 6) is 0.708. The Labute approximate surface area is 109 Å². The maximum atomic E-state index is 3.89. The van der Waals surface area contributed by atoms with Crippen LogP contribution in [0, 0.1) is 5.92 Å². The van der Waals surface area contributed by atoms with Crippen LogP contribution in [-0.2, 0) is 5.41 Å². The highest BCUT2D eigenvalue weighted by Gasteiger charge is 2.55. The Morgan fingerprint density at radius 2 is 1.44 bits per heavy atom. The van der Waals surface area contributed by atoms with Crippen molar-refractivity contribution >= 4 is 0 Å². The zero-order valence-corrected chi connectivity index (χ0v) is 10.5. The summed E-state index contributed by atoms with van der Waals surface area (Å²) in [6, 6.07) is 21.8.